The van der Waals surface area contributed by atoms with Crippen molar-refractivity contribution in [3.63, 3.8) is 0 Å². The van der Waals surface area contributed by atoms with E-state index < -0.39 is 5.60 Å². The third-order valence-electron chi connectivity index (χ3n) is 6.55. The van der Waals surface area contributed by atoms with E-state index in [2.05, 4.69) is 27.2 Å². The maximum absolute atomic E-state index is 12.6. The Kier molecular flexibility index (Phi) is 6.34. The zero-order valence-corrected chi connectivity index (χ0v) is 19.4. The number of aliphatic hydroxyl groups is 1. The van der Waals surface area contributed by atoms with Gasteiger partial charge in [-0.15, -0.1) is 10.2 Å². The van der Waals surface area contributed by atoms with Crippen LogP contribution in [0.5, 0.6) is 5.75 Å². The van der Waals surface area contributed by atoms with Crippen molar-refractivity contribution in [2.24, 2.45) is 0 Å². The highest BCUT2D eigenvalue weighted by atomic mass is 16.5. The molecule has 0 radical (unpaired) electrons. The number of aromatic nitrogens is 2. The van der Waals surface area contributed by atoms with Crippen LogP contribution in [-0.2, 0) is 6.54 Å². The molecule has 2 aliphatic heterocycles. The lowest BCUT2D eigenvalue weighted by atomic mass is 9.98. The Morgan fingerprint density at radius 1 is 1.09 bits per heavy atom. The van der Waals surface area contributed by atoms with Crippen molar-refractivity contribution in [1.29, 1.82) is 0 Å². The molecule has 178 valence electrons. The second-order valence-electron chi connectivity index (χ2n) is 9.50. The average molecular weight is 463 g/mol. The summed E-state index contributed by atoms with van der Waals surface area (Å²) in [4.78, 5) is 16.7. The number of hydrogen-bond acceptors (Lipinski definition) is 7. The maximum atomic E-state index is 12.6. The Balaban J connectivity index is 1.09. The first-order chi connectivity index (χ1) is 16.4. The van der Waals surface area contributed by atoms with Gasteiger partial charge in [-0.3, -0.25) is 9.69 Å². The summed E-state index contributed by atoms with van der Waals surface area (Å²) >= 11 is 0. The van der Waals surface area contributed by atoms with E-state index in [0.29, 0.717) is 19.0 Å². The van der Waals surface area contributed by atoms with Crippen LogP contribution in [0.25, 0.3) is 11.5 Å². The van der Waals surface area contributed by atoms with Crippen LogP contribution < -0.4 is 4.74 Å². The predicted molar refractivity (Wildman–Crippen MR) is 126 cm³/mol. The smallest absolute Gasteiger partial charge is 0.311 e. The molecule has 5 rings (SSSR count). The standard InChI is InChI=1S/C26H30N4O4/c1-26(32)12-5-14-29(15-13-26)16-19-8-10-21(11-9-19)33-22-17-30(18-22)25(31)24-28-27-23(34-24)20-6-3-2-4-7-20/h2-4,6-11,22,32H,5,12-18H2,1H3. The first-order valence-corrected chi connectivity index (χ1v) is 11.8. The fourth-order valence-electron chi connectivity index (χ4n) is 4.42. The minimum absolute atomic E-state index is 0.00307. The number of rotatable bonds is 6. The Labute approximate surface area is 199 Å². The first-order valence-electron chi connectivity index (χ1n) is 11.8. The van der Waals surface area contributed by atoms with Crippen LogP contribution in [0.2, 0.25) is 0 Å². The monoisotopic (exact) mass is 462 g/mol. The SMILES string of the molecule is CC1(O)CCCN(Cc2ccc(OC3CN(C(=O)c4nnc(-c5ccccc5)o4)C3)cc2)CC1. The fraction of sp³-hybridized carbons (Fsp3) is 0.423. The number of carbonyl (C=O) groups is 1. The highest BCUT2D eigenvalue weighted by Gasteiger charge is 2.35. The van der Waals surface area contributed by atoms with Gasteiger partial charge in [0.2, 0.25) is 5.89 Å². The molecule has 1 unspecified atom stereocenters. The number of nitrogens with zero attached hydrogens (tertiary/aromatic N) is 4. The Hall–Kier alpha value is -3.23. The Bertz CT molecular complexity index is 1110. The molecule has 1 atom stereocenters. The van der Waals surface area contributed by atoms with Gasteiger partial charge in [0.25, 0.3) is 0 Å². The van der Waals surface area contributed by atoms with Crippen LogP contribution in [0.1, 0.15) is 42.4 Å². The molecule has 2 aliphatic rings. The summed E-state index contributed by atoms with van der Waals surface area (Å²) in [7, 11) is 0. The molecule has 0 spiro atoms. The lowest BCUT2D eigenvalue weighted by Gasteiger charge is -2.38. The molecule has 8 nitrogen and oxygen atoms in total. The van der Waals surface area contributed by atoms with E-state index >= 15 is 0 Å². The minimum atomic E-state index is -0.543. The largest absolute Gasteiger partial charge is 0.487 e. The molecule has 1 amide bonds. The normalized spacial score (nSPS) is 21.6. The molecule has 3 aromatic rings. The van der Waals surface area contributed by atoms with Gasteiger partial charge in [0.15, 0.2) is 0 Å². The van der Waals surface area contributed by atoms with Crippen LogP contribution in [0.3, 0.4) is 0 Å². The van der Waals surface area contributed by atoms with Crippen molar-refractivity contribution in [1.82, 2.24) is 20.0 Å². The summed E-state index contributed by atoms with van der Waals surface area (Å²) in [5.41, 5.74) is 1.47. The van der Waals surface area contributed by atoms with E-state index in [1.54, 1.807) is 4.90 Å². The molecule has 0 saturated carbocycles. The van der Waals surface area contributed by atoms with Gasteiger partial charge in [0.05, 0.1) is 18.7 Å². The molecule has 2 fully saturated rings. The summed E-state index contributed by atoms with van der Waals surface area (Å²) < 4.78 is 11.6. The number of benzene rings is 2. The number of amides is 1. The van der Waals surface area contributed by atoms with Crippen molar-refractivity contribution in [3.8, 4) is 17.2 Å². The molecule has 1 N–H and O–H groups in total. The number of likely N-dealkylation sites (tertiary alicyclic amines) is 2. The second kappa shape index (κ2) is 9.56. The summed E-state index contributed by atoms with van der Waals surface area (Å²) in [6, 6.07) is 17.5. The van der Waals surface area contributed by atoms with E-state index in [4.69, 9.17) is 9.15 Å². The Morgan fingerprint density at radius 3 is 2.62 bits per heavy atom. The number of hydrogen-bond donors (Lipinski definition) is 1. The fourth-order valence-corrected chi connectivity index (χ4v) is 4.42. The zero-order chi connectivity index (χ0) is 23.5. The average Bonchev–Trinajstić information content (AvgIpc) is 3.24. The highest BCUT2D eigenvalue weighted by molar-refractivity contribution is 5.90. The van der Waals surface area contributed by atoms with E-state index in [1.165, 1.54) is 5.56 Å². The van der Waals surface area contributed by atoms with Gasteiger partial charge in [0, 0.05) is 18.7 Å². The predicted octanol–water partition coefficient (Wildman–Crippen LogP) is 3.38. The lowest BCUT2D eigenvalue weighted by Crippen LogP contribution is -2.56. The van der Waals surface area contributed by atoms with Gasteiger partial charge < -0.3 is 19.2 Å². The summed E-state index contributed by atoms with van der Waals surface area (Å²) in [6.45, 7) is 5.69. The lowest BCUT2D eigenvalue weighted by molar-refractivity contribution is 0.0150. The van der Waals surface area contributed by atoms with Gasteiger partial charge in [0.1, 0.15) is 11.9 Å². The molecular formula is C26H30N4O4. The first kappa shape index (κ1) is 22.6. The van der Waals surface area contributed by atoms with Crippen LogP contribution >= 0.6 is 0 Å². The van der Waals surface area contributed by atoms with E-state index in [0.717, 1.165) is 50.2 Å². The molecule has 3 heterocycles. The second-order valence-corrected chi connectivity index (χ2v) is 9.50. The van der Waals surface area contributed by atoms with Gasteiger partial charge >= 0.3 is 11.8 Å². The van der Waals surface area contributed by atoms with Gasteiger partial charge in [-0.05, 0) is 62.6 Å². The third kappa shape index (κ3) is 5.29. The molecule has 1 aromatic heterocycles. The molecule has 2 saturated heterocycles. The van der Waals surface area contributed by atoms with Crippen LogP contribution in [-0.4, -0.2) is 68.9 Å². The molecular weight excluding hydrogens is 432 g/mol. The topological polar surface area (TPSA) is 91.9 Å². The summed E-state index contributed by atoms with van der Waals surface area (Å²) in [5, 5.41) is 18.2. The van der Waals surface area contributed by atoms with E-state index in [-0.39, 0.29) is 17.9 Å². The van der Waals surface area contributed by atoms with Crippen molar-refractivity contribution in [2.75, 3.05) is 26.2 Å². The van der Waals surface area contributed by atoms with Crippen molar-refractivity contribution >= 4 is 5.91 Å². The van der Waals surface area contributed by atoms with Crippen LogP contribution in [0, 0.1) is 0 Å². The van der Waals surface area contributed by atoms with Gasteiger partial charge in [-0.25, -0.2) is 0 Å². The van der Waals surface area contributed by atoms with Crippen LogP contribution in [0.4, 0.5) is 0 Å². The molecule has 2 aromatic carbocycles. The zero-order valence-electron chi connectivity index (χ0n) is 19.4. The van der Waals surface area contributed by atoms with Crippen LogP contribution in [0.15, 0.2) is 59.0 Å². The number of carbonyl (C=O) groups excluding carboxylic acids is 1. The molecule has 0 aliphatic carbocycles. The van der Waals surface area contributed by atoms with Crippen molar-refractivity contribution in [3.05, 3.63) is 66.1 Å². The van der Waals surface area contributed by atoms with Gasteiger partial charge in [-0.1, -0.05) is 30.3 Å². The third-order valence-corrected chi connectivity index (χ3v) is 6.55. The summed E-state index contributed by atoms with van der Waals surface area (Å²) in [6.07, 6.45) is 2.63. The Morgan fingerprint density at radius 2 is 1.85 bits per heavy atom. The minimum Gasteiger partial charge on any atom is -0.487 e. The molecule has 8 heteroatoms. The quantitative estimate of drug-likeness (QED) is 0.600. The number of ether oxygens (including phenoxy) is 1. The summed E-state index contributed by atoms with van der Waals surface area (Å²) in [5.74, 6) is 0.852. The van der Waals surface area contributed by atoms with E-state index in [1.807, 2.05) is 49.4 Å². The molecule has 34 heavy (non-hydrogen) atoms. The van der Waals surface area contributed by atoms with Gasteiger partial charge in [-0.2, -0.15) is 0 Å². The maximum Gasteiger partial charge on any atom is 0.311 e. The van der Waals surface area contributed by atoms with Crippen molar-refractivity contribution in [2.45, 2.75) is 44.4 Å². The molecule has 0 bridgehead atoms. The van der Waals surface area contributed by atoms with E-state index in [9.17, 15) is 9.90 Å². The van der Waals surface area contributed by atoms with Crippen molar-refractivity contribution < 1.29 is 19.1 Å². The highest BCUT2D eigenvalue weighted by Crippen LogP contribution is 2.25.